The van der Waals surface area contributed by atoms with E-state index in [-0.39, 0.29) is 6.54 Å². The van der Waals surface area contributed by atoms with Crippen LogP contribution < -0.4 is 11.1 Å². The van der Waals surface area contributed by atoms with Crippen molar-refractivity contribution in [2.24, 2.45) is 0 Å². The molecule has 42 valence electrons. The van der Waals surface area contributed by atoms with Crippen LogP contribution in [0.5, 0.6) is 0 Å². The lowest BCUT2D eigenvalue weighted by Crippen LogP contribution is -2.25. The molecule has 7 heavy (non-hydrogen) atoms. The van der Waals surface area contributed by atoms with Gasteiger partial charge in [0.2, 0.25) is 0 Å². The molecule has 0 heterocycles. The minimum absolute atomic E-state index is 0.234. The van der Waals surface area contributed by atoms with Gasteiger partial charge in [-0.25, -0.2) is 0 Å². The van der Waals surface area contributed by atoms with E-state index in [1.807, 2.05) is 0 Å². The lowest BCUT2D eigenvalue weighted by atomic mass is 10.4. The maximum absolute atomic E-state index is 8.25. The molecule has 2 nitrogen and oxygen atoms in total. The number of nitrogens with one attached hydrogen (secondary N) is 1. The Morgan fingerprint density at radius 2 is 2.14 bits per heavy atom. The summed E-state index contributed by atoms with van der Waals surface area (Å²) in [5, 5.41) is 3.05. The molecule has 0 fully saturated rings. The van der Waals surface area contributed by atoms with Crippen LogP contribution in [-0.4, -0.2) is 19.1 Å². The molecule has 0 aromatic carbocycles. The fraction of sp³-hybridized carbons (Fsp3) is 1.00. The molecule has 0 aliphatic rings. The van der Waals surface area contributed by atoms with Gasteiger partial charge in [-0.1, -0.05) is 13.8 Å². The average Bonchev–Trinajstić information content (AvgIpc) is 1.61. The molecule has 0 aliphatic heterocycles. The predicted octanol–water partition coefficient (Wildman–Crippen LogP) is 0.0531. The van der Waals surface area contributed by atoms with Gasteiger partial charge in [0.1, 0.15) is 0 Å². The zero-order chi connectivity index (χ0) is 5.70. The minimum Gasteiger partial charge on any atom is -0.313 e. The van der Waals surface area contributed by atoms with Gasteiger partial charge in [0.05, 0.1) is 0 Å². The third kappa shape index (κ3) is 5.92. The van der Waals surface area contributed by atoms with Gasteiger partial charge in [0.25, 0.3) is 0 Å². The average molecular weight is 100 g/mol. The van der Waals surface area contributed by atoms with E-state index < -0.39 is 0 Å². The maximum atomic E-state index is 8.25. The summed E-state index contributed by atoms with van der Waals surface area (Å²) >= 11 is 0. The highest BCUT2D eigenvalue weighted by molar-refractivity contribution is 4.50. The van der Waals surface area contributed by atoms with E-state index in [1.165, 1.54) is 0 Å². The van der Waals surface area contributed by atoms with Crippen molar-refractivity contribution in [2.75, 3.05) is 13.1 Å². The van der Waals surface area contributed by atoms with E-state index in [4.69, 9.17) is 5.73 Å². The largest absolute Gasteiger partial charge is 0.313 e. The van der Waals surface area contributed by atoms with Gasteiger partial charge in [-0.3, -0.25) is 0 Å². The minimum atomic E-state index is 0.234. The molecule has 0 atom stereocenters. The fourth-order valence-electron chi connectivity index (χ4n) is 0.353. The summed E-state index contributed by atoms with van der Waals surface area (Å²) in [4.78, 5) is 0. The Morgan fingerprint density at radius 3 is 2.29 bits per heavy atom. The zero-order valence-electron chi connectivity index (χ0n) is 4.94. The van der Waals surface area contributed by atoms with Crippen molar-refractivity contribution in [1.29, 1.82) is 0 Å². The smallest absolute Gasteiger partial charge is 0.0446 e. The summed E-state index contributed by atoms with van der Waals surface area (Å²) < 4.78 is 0. The van der Waals surface area contributed by atoms with Crippen LogP contribution >= 0.6 is 0 Å². The first kappa shape index (κ1) is 6.92. The first-order chi connectivity index (χ1) is 3.27. The fourth-order valence-corrected chi connectivity index (χ4v) is 0.353. The molecule has 0 aromatic heterocycles. The Kier molecular flexibility index (Phi) is 4.04. The Hall–Kier alpha value is -0.0800. The zero-order valence-corrected chi connectivity index (χ0v) is 4.94. The predicted molar refractivity (Wildman–Crippen MR) is 30.1 cm³/mol. The molecule has 2 heteroatoms. The van der Waals surface area contributed by atoms with Crippen molar-refractivity contribution < 1.29 is 0 Å². The number of nitrogens with zero attached hydrogens (tertiary/aromatic N) is 1. The molecule has 0 spiro atoms. The molecule has 0 unspecified atom stereocenters. The number of rotatable bonds is 3. The van der Waals surface area contributed by atoms with Gasteiger partial charge in [0.15, 0.2) is 0 Å². The monoisotopic (exact) mass is 100 g/mol. The van der Waals surface area contributed by atoms with Crippen molar-refractivity contribution in [3.63, 3.8) is 0 Å². The third-order valence-corrected chi connectivity index (χ3v) is 0.664. The van der Waals surface area contributed by atoms with Gasteiger partial charge in [-0.2, -0.15) is 0 Å². The number of hydrogen-bond donors (Lipinski definition) is 1. The quantitative estimate of drug-likeness (QED) is 0.534. The molecule has 0 bridgehead atoms. The first-order valence-electron chi connectivity index (χ1n) is 2.61. The highest BCUT2D eigenvalue weighted by Crippen LogP contribution is 1.71. The van der Waals surface area contributed by atoms with Gasteiger partial charge in [0, 0.05) is 19.1 Å². The molecule has 0 saturated heterocycles. The second-order valence-corrected chi connectivity index (χ2v) is 1.83. The number of hydrogen-bond acceptors (Lipinski definition) is 1. The second kappa shape index (κ2) is 4.09. The topological polar surface area (TPSA) is 34.3 Å². The van der Waals surface area contributed by atoms with Crippen molar-refractivity contribution in [2.45, 2.75) is 19.9 Å². The van der Waals surface area contributed by atoms with E-state index in [9.17, 15) is 0 Å². The SMILES string of the molecule is CC(C)NCC[N]. The Balaban J connectivity index is 2.68. The highest BCUT2D eigenvalue weighted by Gasteiger charge is 1.86. The highest BCUT2D eigenvalue weighted by atomic mass is 14.9. The van der Waals surface area contributed by atoms with Crippen LogP contribution in [0.4, 0.5) is 0 Å². The van der Waals surface area contributed by atoms with Crippen molar-refractivity contribution >= 4 is 0 Å². The summed E-state index contributed by atoms with van der Waals surface area (Å²) in [6.07, 6.45) is 0. The van der Waals surface area contributed by atoms with E-state index >= 15 is 0 Å². The van der Waals surface area contributed by atoms with Crippen molar-refractivity contribution in [3.8, 4) is 0 Å². The van der Waals surface area contributed by atoms with E-state index in [0.717, 1.165) is 0 Å². The summed E-state index contributed by atoms with van der Waals surface area (Å²) in [6.45, 7) is 5.04. The molecular formula is C5H12N2. The molecule has 0 saturated carbocycles. The summed E-state index contributed by atoms with van der Waals surface area (Å²) in [6, 6.07) is 0.493. The molecule has 0 rings (SSSR count). The Morgan fingerprint density at radius 1 is 1.57 bits per heavy atom. The molecular weight excluding hydrogens is 88.1 g/mol. The standard InChI is InChI=1S/C5H12N2/c1-5(2)7-4-3-6/h5,7H,3-4H2,1-2H3. The summed E-state index contributed by atoms with van der Waals surface area (Å²) in [5.41, 5.74) is 8.25. The molecule has 0 aromatic rings. The molecule has 0 aliphatic carbocycles. The Labute approximate surface area is 45.1 Å². The van der Waals surface area contributed by atoms with Crippen LogP contribution in [0, 0.1) is 0 Å². The maximum Gasteiger partial charge on any atom is 0.0446 e. The van der Waals surface area contributed by atoms with E-state index in [2.05, 4.69) is 19.2 Å². The van der Waals surface area contributed by atoms with Gasteiger partial charge < -0.3 is 5.32 Å². The van der Waals surface area contributed by atoms with Crippen LogP contribution in [0.25, 0.3) is 0 Å². The van der Waals surface area contributed by atoms with Gasteiger partial charge in [-0.05, 0) is 0 Å². The summed E-state index contributed by atoms with van der Waals surface area (Å²) in [7, 11) is 0. The first-order valence-corrected chi connectivity index (χ1v) is 2.61. The van der Waals surface area contributed by atoms with Crippen LogP contribution in [0.2, 0.25) is 0 Å². The lowest BCUT2D eigenvalue weighted by Gasteiger charge is -2.02. The molecule has 0 amide bonds. The lowest BCUT2D eigenvalue weighted by molar-refractivity contribution is 0.593. The Bertz CT molecular complexity index is 35.1. The van der Waals surface area contributed by atoms with Gasteiger partial charge >= 0.3 is 0 Å². The normalized spacial score (nSPS) is 10.3. The van der Waals surface area contributed by atoms with Crippen molar-refractivity contribution in [1.82, 2.24) is 11.1 Å². The van der Waals surface area contributed by atoms with Crippen LogP contribution in [0.1, 0.15) is 13.8 Å². The van der Waals surface area contributed by atoms with Crippen molar-refractivity contribution in [3.05, 3.63) is 0 Å². The van der Waals surface area contributed by atoms with Gasteiger partial charge in [-0.15, -0.1) is 5.73 Å². The van der Waals surface area contributed by atoms with Crippen LogP contribution in [0.15, 0.2) is 0 Å². The molecule has 2 radical (unpaired) electrons. The van der Waals surface area contributed by atoms with E-state index in [1.54, 1.807) is 0 Å². The second-order valence-electron chi connectivity index (χ2n) is 1.83. The van der Waals surface area contributed by atoms with Crippen LogP contribution in [0.3, 0.4) is 0 Å². The van der Waals surface area contributed by atoms with Crippen LogP contribution in [-0.2, 0) is 0 Å². The third-order valence-electron chi connectivity index (χ3n) is 0.664. The molecule has 1 N–H and O–H groups in total. The summed E-state index contributed by atoms with van der Waals surface area (Å²) in [5.74, 6) is 0. The van der Waals surface area contributed by atoms with E-state index in [0.29, 0.717) is 12.6 Å².